The quantitative estimate of drug-likeness (QED) is 0.210. The predicted molar refractivity (Wildman–Crippen MR) is 124 cm³/mol. The number of aryl methyl sites for hydroxylation is 1. The molecule has 2 heterocycles. The lowest BCUT2D eigenvalue weighted by Crippen LogP contribution is -2.16. The van der Waals surface area contributed by atoms with Gasteiger partial charge in [-0.3, -0.25) is 14.9 Å². The first-order chi connectivity index (χ1) is 16.0. The number of nitro groups is 1. The zero-order valence-electron chi connectivity index (χ0n) is 17.4. The van der Waals surface area contributed by atoms with Crippen molar-refractivity contribution >= 4 is 39.6 Å². The van der Waals surface area contributed by atoms with Gasteiger partial charge in [0, 0.05) is 22.6 Å². The Hall–Kier alpha value is -4.72. The lowest BCUT2D eigenvalue weighted by Gasteiger charge is -2.00. The van der Waals surface area contributed by atoms with Gasteiger partial charge in [0.15, 0.2) is 5.76 Å². The Morgan fingerprint density at radius 2 is 1.85 bits per heavy atom. The minimum Gasteiger partial charge on any atom is -0.455 e. The predicted octanol–water partition coefficient (Wildman–Crippen LogP) is 5.83. The summed E-state index contributed by atoms with van der Waals surface area (Å²) in [5.41, 5.74) is 4.20. The maximum absolute atomic E-state index is 12.5. The van der Waals surface area contributed by atoms with E-state index in [1.807, 2.05) is 36.4 Å². The van der Waals surface area contributed by atoms with Crippen molar-refractivity contribution in [3.05, 3.63) is 100.0 Å². The molecule has 162 valence electrons. The highest BCUT2D eigenvalue weighted by molar-refractivity contribution is 6.08. The number of carbonyl (C=O) groups is 1. The summed E-state index contributed by atoms with van der Waals surface area (Å²) in [5.74, 6) is 0.484. The van der Waals surface area contributed by atoms with Crippen molar-refractivity contribution in [2.45, 2.75) is 6.92 Å². The smallest absolute Gasteiger partial charge is 0.307 e. The molecular weight excluding hydrogens is 422 g/mol. The van der Waals surface area contributed by atoms with Crippen LogP contribution in [0.1, 0.15) is 21.9 Å². The highest BCUT2D eigenvalue weighted by atomic mass is 16.6. The molecule has 0 atom stereocenters. The van der Waals surface area contributed by atoms with Crippen LogP contribution in [0.2, 0.25) is 0 Å². The van der Waals surface area contributed by atoms with Crippen molar-refractivity contribution in [2.24, 2.45) is 5.10 Å². The summed E-state index contributed by atoms with van der Waals surface area (Å²) in [6.45, 7) is 1.68. The number of nitrogens with zero attached hydrogens (tertiary/aromatic N) is 2. The molecule has 0 unspecified atom stereocenters. The number of rotatable bonds is 5. The molecule has 1 N–H and O–H groups in total. The summed E-state index contributed by atoms with van der Waals surface area (Å²) in [7, 11) is 0. The van der Waals surface area contributed by atoms with Gasteiger partial charge in [0.05, 0.1) is 11.1 Å². The van der Waals surface area contributed by atoms with Gasteiger partial charge in [-0.25, -0.2) is 5.43 Å². The maximum Gasteiger partial charge on any atom is 0.307 e. The van der Waals surface area contributed by atoms with Crippen LogP contribution in [0.4, 0.5) is 5.69 Å². The minimum absolute atomic E-state index is 0.0185. The van der Waals surface area contributed by atoms with Gasteiger partial charge in [-0.1, -0.05) is 42.5 Å². The SMILES string of the molecule is Cc1ccc(-c2ccc(/C=N\NC(=O)c3cc4c(ccc5ccccc54)o3)o2)cc1[N+](=O)[O-]. The first-order valence-corrected chi connectivity index (χ1v) is 10.1. The Morgan fingerprint density at radius 1 is 1.00 bits per heavy atom. The minimum atomic E-state index is -0.493. The molecule has 8 nitrogen and oxygen atoms in total. The number of nitro benzene ring substituents is 1. The average molecular weight is 439 g/mol. The van der Waals surface area contributed by atoms with E-state index >= 15 is 0 Å². The molecule has 0 radical (unpaired) electrons. The molecule has 0 spiro atoms. The molecule has 2 aromatic heterocycles. The fourth-order valence-electron chi connectivity index (χ4n) is 3.65. The zero-order chi connectivity index (χ0) is 22.9. The fraction of sp³-hybridized carbons (Fsp3) is 0.0400. The Balaban J connectivity index is 1.32. The fourth-order valence-corrected chi connectivity index (χ4v) is 3.65. The Labute approximate surface area is 187 Å². The molecule has 1 amide bonds. The van der Waals surface area contributed by atoms with Crippen LogP contribution >= 0.6 is 0 Å². The van der Waals surface area contributed by atoms with Crippen LogP contribution in [-0.2, 0) is 0 Å². The number of hydrogen-bond donors (Lipinski definition) is 1. The zero-order valence-corrected chi connectivity index (χ0v) is 17.4. The second-order valence-electron chi connectivity index (χ2n) is 7.47. The molecule has 8 heteroatoms. The number of fused-ring (bicyclic) bond motifs is 3. The van der Waals surface area contributed by atoms with Crippen LogP contribution in [0, 0.1) is 17.0 Å². The van der Waals surface area contributed by atoms with Gasteiger partial charge >= 0.3 is 5.91 Å². The lowest BCUT2D eigenvalue weighted by molar-refractivity contribution is -0.385. The van der Waals surface area contributed by atoms with E-state index in [-0.39, 0.29) is 11.4 Å². The normalized spacial score (nSPS) is 11.4. The van der Waals surface area contributed by atoms with Crippen LogP contribution in [-0.4, -0.2) is 17.0 Å². The number of hydrogen-bond acceptors (Lipinski definition) is 6. The number of amides is 1. The van der Waals surface area contributed by atoms with Gasteiger partial charge < -0.3 is 8.83 Å². The van der Waals surface area contributed by atoms with Crippen molar-refractivity contribution in [2.75, 3.05) is 0 Å². The molecule has 0 saturated heterocycles. The molecule has 5 rings (SSSR count). The van der Waals surface area contributed by atoms with Crippen molar-refractivity contribution < 1.29 is 18.6 Å². The van der Waals surface area contributed by atoms with E-state index in [1.165, 1.54) is 12.3 Å². The van der Waals surface area contributed by atoms with Crippen molar-refractivity contribution in [3.63, 3.8) is 0 Å². The highest BCUT2D eigenvalue weighted by Crippen LogP contribution is 2.29. The Kier molecular flexibility index (Phi) is 4.95. The molecule has 5 aromatic rings. The van der Waals surface area contributed by atoms with Gasteiger partial charge in [-0.2, -0.15) is 5.10 Å². The van der Waals surface area contributed by atoms with E-state index in [9.17, 15) is 14.9 Å². The first-order valence-electron chi connectivity index (χ1n) is 10.1. The molecule has 0 aliphatic rings. The summed E-state index contributed by atoms with van der Waals surface area (Å²) in [4.78, 5) is 23.2. The molecule has 0 bridgehead atoms. The Morgan fingerprint density at radius 3 is 2.70 bits per heavy atom. The number of benzene rings is 3. The average Bonchev–Trinajstić information content (AvgIpc) is 3.46. The molecular formula is C25H17N3O5. The maximum atomic E-state index is 12.5. The van der Waals surface area contributed by atoms with E-state index in [0.29, 0.717) is 28.2 Å². The van der Waals surface area contributed by atoms with Gasteiger partial charge in [-0.15, -0.1) is 0 Å². The standard InChI is InChI=1S/C25H17N3O5/c1-15-6-7-17(12-21(15)28(30)31)22-11-9-18(32-22)14-26-27-25(29)24-13-20-19-5-3-2-4-16(19)8-10-23(20)33-24/h2-14H,1H3,(H,27,29)/b26-14-. The van der Waals surface area contributed by atoms with Crippen LogP contribution < -0.4 is 5.43 Å². The molecule has 3 aromatic carbocycles. The monoisotopic (exact) mass is 439 g/mol. The molecule has 0 aliphatic heterocycles. The van der Waals surface area contributed by atoms with Crippen LogP contribution in [0.15, 0.2) is 86.7 Å². The number of nitrogens with one attached hydrogen (secondary N) is 1. The summed E-state index contributed by atoms with van der Waals surface area (Å²) in [5, 5.41) is 18.0. The van der Waals surface area contributed by atoms with E-state index < -0.39 is 10.8 Å². The first kappa shape index (κ1) is 20.2. The summed E-state index contributed by atoms with van der Waals surface area (Å²) in [6.07, 6.45) is 1.35. The number of hydrazone groups is 1. The number of carbonyl (C=O) groups excluding carboxylic acids is 1. The van der Waals surface area contributed by atoms with Gasteiger partial charge in [0.25, 0.3) is 5.69 Å². The van der Waals surface area contributed by atoms with Crippen molar-refractivity contribution in [1.29, 1.82) is 0 Å². The highest BCUT2D eigenvalue weighted by Gasteiger charge is 2.15. The van der Waals surface area contributed by atoms with Crippen LogP contribution in [0.5, 0.6) is 0 Å². The molecule has 33 heavy (non-hydrogen) atoms. The second-order valence-corrected chi connectivity index (χ2v) is 7.47. The van der Waals surface area contributed by atoms with E-state index in [2.05, 4.69) is 10.5 Å². The topological polar surface area (TPSA) is 111 Å². The van der Waals surface area contributed by atoms with Crippen molar-refractivity contribution in [1.82, 2.24) is 5.43 Å². The number of furan rings is 2. The van der Waals surface area contributed by atoms with Gasteiger partial charge in [-0.05, 0) is 42.0 Å². The third-order valence-electron chi connectivity index (χ3n) is 5.32. The third kappa shape index (κ3) is 3.85. The van der Waals surface area contributed by atoms with Crippen molar-refractivity contribution in [3.8, 4) is 11.3 Å². The molecule has 0 saturated carbocycles. The van der Waals surface area contributed by atoms with E-state index in [1.54, 1.807) is 37.3 Å². The van der Waals surface area contributed by atoms with Crippen LogP contribution in [0.25, 0.3) is 33.1 Å². The van der Waals surface area contributed by atoms with Gasteiger partial charge in [0.1, 0.15) is 17.1 Å². The Bertz CT molecular complexity index is 1560. The summed E-state index contributed by atoms with van der Waals surface area (Å²) in [6, 6.07) is 21.5. The van der Waals surface area contributed by atoms with E-state index in [0.717, 1.165) is 16.2 Å². The summed E-state index contributed by atoms with van der Waals surface area (Å²) < 4.78 is 11.4. The van der Waals surface area contributed by atoms with Crippen LogP contribution in [0.3, 0.4) is 0 Å². The lowest BCUT2D eigenvalue weighted by atomic mass is 10.1. The van der Waals surface area contributed by atoms with Gasteiger partial charge in [0.2, 0.25) is 0 Å². The summed E-state index contributed by atoms with van der Waals surface area (Å²) >= 11 is 0. The third-order valence-corrected chi connectivity index (χ3v) is 5.32. The molecule has 0 fully saturated rings. The van der Waals surface area contributed by atoms with E-state index in [4.69, 9.17) is 8.83 Å². The molecule has 0 aliphatic carbocycles. The largest absolute Gasteiger partial charge is 0.455 e. The second kappa shape index (κ2) is 8.08.